The summed E-state index contributed by atoms with van der Waals surface area (Å²) in [5.74, 6) is 0.858. The van der Waals surface area contributed by atoms with Gasteiger partial charge in [-0.3, -0.25) is 9.59 Å². The fourth-order valence-corrected chi connectivity index (χ4v) is 3.30. The Morgan fingerprint density at radius 1 is 1.04 bits per heavy atom. The standard InChI is InChI=1S/C21H32N2O2/c1-5-7-20(24)22-10-6-11-23(13-12-22)21(25)15-19-14-18(16(2)3)9-8-17(19)4/h8-9,14,16H,5-7,10-13,15H2,1-4H3. The van der Waals surface area contributed by atoms with E-state index >= 15 is 0 Å². The average Bonchev–Trinajstić information content (AvgIpc) is 2.83. The van der Waals surface area contributed by atoms with Crippen molar-refractivity contribution in [3.63, 3.8) is 0 Å². The first-order chi connectivity index (χ1) is 11.9. The molecule has 0 bridgehead atoms. The van der Waals surface area contributed by atoms with Gasteiger partial charge in [-0.25, -0.2) is 0 Å². The molecule has 1 aromatic rings. The molecule has 0 atom stereocenters. The number of aryl methyl sites for hydroxylation is 1. The second kappa shape index (κ2) is 9.02. The second-order valence-electron chi connectivity index (χ2n) is 7.38. The predicted octanol–water partition coefficient (Wildman–Crippen LogP) is 3.52. The summed E-state index contributed by atoms with van der Waals surface area (Å²) in [4.78, 5) is 28.7. The molecule has 1 aliphatic heterocycles. The van der Waals surface area contributed by atoms with Gasteiger partial charge in [-0.15, -0.1) is 0 Å². The van der Waals surface area contributed by atoms with Gasteiger partial charge in [0.05, 0.1) is 6.42 Å². The van der Waals surface area contributed by atoms with Gasteiger partial charge < -0.3 is 9.80 Å². The number of hydrogen-bond acceptors (Lipinski definition) is 2. The van der Waals surface area contributed by atoms with E-state index in [-0.39, 0.29) is 11.8 Å². The summed E-state index contributed by atoms with van der Waals surface area (Å²) in [5, 5.41) is 0. The zero-order valence-corrected chi connectivity index (χ0v) is 16.2. The van der Waals surface area contributed by atoms with E-state index in [1.165, 1.54) is 11.1 Å². The zero-order valence-electron chi connectivity index (χ0n) is 16.2. The van der Waals surface area contributed by atoms with Crippen molar-refractivity contribution in [2.24, 2.45) is 0 Å². The molecule has 25 heavy (non-hydrogen) atoms. The molecule has 0 unspecified atom stereocenters. The van der Waals surface area contributed by atoms with E-state index in [4.69, 9.17) is 0 Å². The van der Waals surface area contributed by atoms with Crippen LogP contribution in [0.2, 0.25) is 0 Å². The molecule has 2 rings (SSSR count). The highest BCUT2D eigenvalue weighted by Crippen LogP contribution is 2.20. The maximum absolute atomic E-state index is 12.8. The summed E-state index contributed by atoms with van der Waals surface area (Å²) in [6.45, 7) is 11.3. The van der Waals surface area contributed by atoms with Crippen molar-refractivity contribution < 1.29 is 9.59 Å². The fraction of sp³-hybridized carbons (Fsp3) is 0.619. The minimum absolute atomic E-state index is 0.175. The van der Waals surface area contributed by atoms with Gasteiger partial charge >= 0.3 is 0 Å². The van der Waals surface area contributed by atoms with Crippen molar-refractivity contribution in [1.82, 2.24) is 9.80 Å². The Labute approximate surface area is 152 Å². The van der Waals surface area contributed by atoms with Crippen LogP contribution in [0.4, 0.5) is 0 Å². The maximum atomic E-state index is 12.8. The van der Waals surface area contributed by atoms with Crippen molar-refractivity contribution in [2.75, 3.05) is 26.2 Å². The van der Waals surface area contributed by atoms with Gasteiger partial charge in [-0.2, -0.15) is 0 Å². The quantitative estimate of drug-likeness (QED) is 0.820. The van der Waals surface area contributed by atoms with Gasteiger partial charge in [0.1, 0.15) is 0 Å². The maximum Gasteiger partial charge on any atom is 0.227 e. The molecule has 1 aliphatic rings. The molecule has 2 amide bonds. The third-order valence-corrected chi connectivity index (χ3v) is 5.05. The van der Waals surface area contributed by atoms with Crippen molar-refractivity contribution >= 4 is 11.8 Å². The SMILES string of the molecule is CCCC(=O)N1CCCN(C(=O)Cc2cc(C(C)C)ccc2C)CC1. The smallest absolute Gasteiger partial charge is 0.227 e. The van der Waals surface area contributed by atoms with Gasteiger partial charge in [-0.1, -0.05) is 39.0 Å². The lowest BCUT2D eigenvalue weighted by molar-refractivity contribution is -0.133. The number of nitrogens with zero attached hydrogens (tertiary/aromatic N) is 2. The summed E-state index contributed by atoms with van der Waals surface area (Å²) >= 11 is 0. The topological polar surface area (TPSA) is 40.6 Å². The number of benzene rings is 1. The van der Waals surface area contributed by atoms with E-state index in [2.05, 4.69) is 39.0 Å². The van der Waals surface area contributed by atoms with E-state index in [0.29, 0.717) is 31.8 Å². The molecule has 0 aliphatic carbocycles. The number of carbonyl (C=O) groups is 2. The van der Waals surface area contributed by atoms with Crippen LogP contribution >= 0.6 is 0 Å². The average molecular weight is 344 g/mol. The van der Waals surface area contributed by atoms with Crippen LogP contribution in [0.15, 0.2) is 18.2 Å². The summed E-state index contributed by atoms with van der Waals surface area (Å²) < 4.78 is 0. The van der Waals surface area contributed by atoms with Crippen LogP contribution < -0.4 is 0 Å². The van der Waals surface area contributed by atoms with E-state index in [0.717, 1.165) is 31.5 Å². The predicted molar refractivity (Wildman–Crippen MR) is 102 cm³/mol. The molecular formula is C21H32N2O2. The Balaban J connectivity index is 1.99. The number of rotatable bonds is 5. The van der Waals surface area contributed by atoms with Crippen LogP contribution in [0.5, 0.6) is 0 Å². The number of amides is 2. The molecule has 1 heterocycles. The second-order valence-corrected chi connectivity index (χ2v) is 7.38. The van der Waals surface area contributed by atoms with Gasteiger partial charge in [-0.05, 0) is 42.4 Å². The molecule has 4 nitrogen and oxygen atoms in total. The third-order valence-electron chi connectivity index (χ3n) is 5.05. The molecule has 4 heteroatoms. The molecule has 0 aromatic heterocycles. The molecule has 1 saturated heterocycles. The van der Waals surface area contributed by atoms with E-state index in [1.807, 2.05) is 16.7 Å². The first-order valence-corrected chi connectivity index (χ1v) is 9.57. The van der Waals surface area contributed by atoms with E-state index in [9.17, 15) is 9.59 Å². The molecular weight excluding hydrogens is 312 g/mol. The Kier molecular flexibility index (Phi) is 7.03. The van der Waals surface area contributed by atoms with Crippen molar-refractivity contribution in [3.05, 3.63) is 34.9 Å². The van der Waals surface area contributed by atoms with Crippen molar-refractivity contribution in [3.8, 4) is 0 Å². The van der Waals surface area contributed by atoms with Crippen LogP contribution in [0, 0.1) is 6.92 Å². The van der Waals surface area contributed by atoms with E-state index in [1.54, 1.807) is 0 Å². The number of hydrogen-bond donors (Lipinski definition) is 0. The van der Waals surface area contributed by atoms with Gasteiger partial charge in [0.2, 0.25) is 11.8 Å². The number of carbonyl (C=O) groups excluding carboxylic acids is 2. The van der Waals surface area contributed by atoms with Crippen molar-refractivity contribution in [2.45, 2.75) is 59.3 Å². The van der Waals surface area contributed by atoms with Crippen LogP contribution in [0.3, 0.4) is 0 Å². The summed E-state index contributed by atoms with van der Waals surface area (Å²) in [6.07, 6.45) is 2.81. The lowest BCUT2D eigenvalue weighted by Crippen LogP contribution is -2.38. The Bertz CT molecular complexity index is 610. The fourth-order valence-electron chi connectivity index (χ4n) is 3.30. The van der Waals surface area contributed by atoms with Crippen LogP contribution in [0.25, 0.3) is 0 Å². The minimum Gasteiger partial charge on any atom is -0.341 e. The summed E-state index contributed by atoms with van der Waals surface area (Å²) in [5.41, 5.74) is 3.58. The minimum atomic E-state index is 0.175. The Morgan fingerprint density at radius 3 is 2.28 bits per heavy atom. The highest BCUT2D eigenvalue weighted by molar-refractivity contribution is 5.80. The normalized spacial score (nSPS) is 15.4. The first kappa shape index (κ1) is 19.5. The van der Waals surface area contributed by atoms with Crippen LogP contribution in [-0.4, -0.2) is 47.8 Å². The third kappa shape index (κ3) is 5.32. The molecule has 0 radical (unpaired) electrons. The summed E-state index contributed by atoms with van der Waals surface area (Å²) in [6, 6.07) is 6.44. The molecule has 0 N–H and O–H groups in total. The molecule has 138 valence electrons. The molecule has 0 saturated carbocycles. The van der Waals surface area contributed by atoms with Crippen LogP contribution in [0.1, 0.15) is 62.6 Å². The first-order valence-electron chi connectivity index (χ1n) is 9.57. The zero-order chi connectivity index (χ0) is 18.4. The molecule has 1 aromatic carbocycles. The Hall–Kier alpha value is -1.84. The van der Waals surface area contributed by atoms with Gasteiger partial charge in [0, 0.05) is 32.6 Å². The van der Waals surface area contributed by atoms with Gasteiger partial charge in [0.15, 0.2) is 0 Å². The highest BCUT2D eigenvalue weighted by Gasteiger charge is 2.22. The highest BCUT2D eigenvalue weighted by atomic mass is 16.2. The molecule has 1 fully saturated rings. The van der Waals surface area contributed by atoms with Crippen molar-refractivity contribution in [1.29, 1.82) is 0 Å². The monoisotopic (exact) mass is 344 g/mol. The van der Waals surface area contributed by atoms with Crippen LogP contribution in [-0.2, 0) is 16.0 Å². The van der Waals surface area contributed by atoms with E-state index < -0.39 is 0 Å². The summed E-state index contributed by atoms with van der Waals surface area (Å²) in [7, 11) is 0. The molecule has 0 spiro atoms. The lowest BCUT2D eigenvalue weighted by Gasteiger charge is -2.22. The van der Waals surface area contributed by atoms with Gasteiger partial charge in [0.25, 0.3) is 0 Å². The largest absolute Gasteiger partial charge is 0.341 e. The Morgan fingerprint density at radius 2 is 1.68 bits per heavy atom. The lowest BCUT2D eigenvalue weighted by atomic mass is 9.96.